The molecule has 3 N–H and O–H groups in total. The monoisotopic (exact) mass is 466 g/mol. The number of anilines is 2. The molecule has 0 saturated heterocycles. The van der Waals surface area contributed by atoms with Crippen molar-refractivity contribution >= 4 is 46.1 Å². The first kappa shape index (κ1) is 23.2. The first-order valence-corrected chi connectivity index (χ1v) is 10.8. The fraction of sp³-hybridized carbons (Fsp3) is 0.0370. The molecule has 4 rings (SSSR count). The van der Waals surface area contributed by atoms with Crippen molar-refractivity contribution in [1.29, 1.82) is 0 Å². The molecule has 0 atom stereocenters. The van der Waals surface area contributed by atoms with Crippen molar-refractivity contribution in [1.82, 2.24) is 5.43 Å². The number of rotatable bonds is 7. The van der Waals surface area contributed by atoms with E-state index in [-0.39, 0.29) is 12.5 Å². The number of benzene rings is 4. The van der Waals surface area contributed by atoms with Crippen molar-refractivity contribution in [3.05, 3.63) is 103 Å². The molecule has 0 radical (unpaired) electrons. The van der Waals surface area contributed by atoms with Crippen LogP contribution in [0.3, 0.4) is 0 Å². The number of hydrogen-bond acceptors (Lipinski definition) is 5. The van der Waals surface area contributed by atoms with Crippen LogP contribution in [0.25, 0.3) is 10.8 Å². The average Bonchev–Trinajstić information content (AvgIpc) is 2.89. The van der Waals surface area contributed by atoms with Crippen molar-refractivity contribution < 1.29 is 19.1 Å². The van der Waals surface area contributed by atoms with Crippen LogP contribution in [0.1, 0.15) is 5.56 Å². The quantitative estimate of drug-likeness (QED) is 0.218. The maximum atomic E-state index is 12.2. The summed E-state index contributed by atoms with van der Waals surface area (Å²) in [5, 5.41) is 11.0. The second-order valence-corrected chi connectivity index (χ2v) is 7.45. The maximum absolute atomic E-state index is 12.2. The van der Waals surface area contributed by atoms with Gasteiger partial charge < -0.3 is 15.4 Å². The Labute approximate surface area is 201 Å². The van der Waals surface area contributed by atoms with E-state index in [4.69, 9.17) is 4.74 Å². The normalized spacial score (nSPS) is 10.6. The molecule has 8 heteroatoms. The SMILES string of the molecule is O=C(COc1ccc(/C=N/NC(=O)C(=O)Nc2cccc3ccccc23)cc1)Nc1ccccc1. The number of nitrogens with zero attached hydrogens (tertiary/aromatic N) is 1. The molecule has 0 aliphatic rings. The van der Waals surface area contributed by atoms with E-state index in [0.717, 1.165) is 10.8 Å². The zero-order valence-corrected chi connectivity index (χ0v) is 18.6. The van der Waals surface area contributed by atoms with Crippen molar-refractivity contribution in [3.63, 3.8) is 0 Å². The van der Waals surface area contributed by atoms with Crippen LogP contribution in [-0.4, -0.2) is 30.5 Å². The molecule has 4 aromatic carbocycles. The number of hydrazone groups is 1. The van der Waals surface area contributed by atoms with Crippen molar-refractivity contribution in [2.75, 3.05) is 17.2 Å². The molecular weight excluding hydrogens is 444 g/mol. The molecule has 0 fully saturated rings. The Morgan fingerprint density at radius 1 is 0.743 bits per heavy atom. The Kier molecular flexibility index (Phi) is 7.45. The highest BCUT2D eigenvalue weighted by molar-refractivity contribution is 6.40. The van der Waals surface area contributed by atoms with Crippen LogP contribution in [0.4, 0.5) is 11.4 Å². The summed E-state index contributed by atoms with van der Waals surface area (Å²) in [4.78, 5) is 36.3. The van der Waals surface area contributed by atoms with E-state index in [1.807, 2.05) is 48.5 Å². The molecule has 3 amide bonds. The summed E-state index contributed by atoms with van der Waals surface area (Å²) in [6.45, 7) is -0.135. The molecule has 4 aromatic rings. The van der Waals surface area contributed by atoms with Gasteiger partial charge in [-0.2, -0.15) is 5.10 Å². The van der Waals surface area contributed by atoms with Crippen LogP contribution in [-0.2, 0) is 14.4 Å². The summed E-state index contributed by atoms with van der Waals surface area (Å²) < 4.78 is 5.48. The predicted octanol–water partition coefficient (Wildman–Crippen LogP) is 3.95. The number of fused-ring (bicyclic) bond motifs is 1. The molecule has 0 spiro atoms. The highest BCUT2D eigenvalue weighted by Gasteiger charge is 2.14. The molecule has 0 heterocycles. The van der Waals surface area contributed by atoms with Gasteiger partial charge in [-0.1, -0.05) is 54.6 Å². The summed E-state index contributed by atoms with van der Waals surface area (Å²) in [6.07, 6.45) is 1.40. The molecule has 8 nitrogen and oxygen atoms in total. The highest BCUT2D eigenvalue weighted by atomic mass is 16.5. The van der Waals surface area contributed by atoms with Gasteiger partial charge in [0.05, 0.1) is 6.21 Å². The smallest absolute Gasteiger partial charge is 0.329 e. The predicted molar refractivity (Wildman–Crippen MR) is 135 cm³/mol. The Morgan fingerprint density at radius 3 is 2.26 bits per heavy atom. The van der Waals surface area contributed by atoms with Gasteiger partial charge in [0, 0.05) is 16.8 Å². The average molecular weight is 466 g/mol. The molecule has 35 heavy (non-hydrogen) atoms. The Hall–Kier alpha value is -4.98. The molecule has 0 saturated carbocycles. The summed E-state index contributed by atoms with van der Waals surface area (Å²) in [7, 11) is 0. The minimum atomic E-state index is -0.890. The molecule has 174 valence electrons. The lowest BCUT2D eigenvalue weighted by molar-refractivity contribution is -0.136. The minimum Gasteiger partial charge on any atom is -0.484 e. The van der Waals surface area contributed by atoms with Gasteiger partial charge in [-0.05, 0) is 53.4 Å². The first-order chi connectivity index (χ1) is 17.1. The van der Waals surface area contributed by atoms with Crippen molar-refractivity contribution in [2.45, 2.75) is 0 Å². The first-order valence-electron chi connectivity index (χ1n) is 10.8. The molecule has 0 aliphatic heterocycles. The molecular formula is C27H22N4O4. The third-order valence-corrected chi connectivity index (χ3v) is 4.93. The number of ether oxygens (including phenoxy) is 1. The van der Waals surface area contributed by atoms with Gasteiger partial charge in [-0.25, -0.2) is 5.43 Å². The zero-order valence-electron chi connectivity index (χ0n) is 18.6. The fourth-order valence-corrected chi connectivity index (χ4v) is 3.25. The van der Waals surface area contributed by atoms with Gasteiger partial charge in [0.1, 0.15) is 5.75 Å². The third-order valence-electron chi connectivity index (χ3n) is 4.93. The number of amides is 3. The maximum Gasteiger partial charge on any atom is 0.329 e. The fourth-order valence-electron chi connectivity index (χ4n) is 3.25. The van der Waals surface area contributed by atoms with Gasteiger partial charge in [-0.3, -0.25) is 14.4 Å². The summed E-state index contributed by atoms with van der Waals surface area (Å²) in [6, 6.07) is 28.9. The largest absolute Gasteiger partial charge is 0.484 e. The van der Waals surface area contributed by atoms with E-state index < -0.39 is 11.8 Å². The highest BCUT2D eigenvalue weighted by Crippen LogP contribution is 2.22. The molecule has 0 bridgehead atoms. The zero-order chi connectivity index (χ0) is 24.5. The van der Waals surface area contributed by atoms with E-state index >= 15 is 0 Å². The van der Waals surface area contributed by atoms with Crippen LogP contribution in [0.2, 0.25) is 0 Å². The molecule has 0 aromatic heterocycles. The van der Waals surface area contributed by atoms with Crippen LogP contribution < -0.4 is 20.8 Å². The number of para-hydroxylation sites is 1. The number of carbonyl (C=O) groups excluding carboxylic acids is 3. The lowest BCUT2D eigenvalue weighted by Gasteiger charge is -2.08. The summed E-state index contributed by atoms with van der Waals surface area (Å²) in [5.74, 6) is -1.48. The molecule has 0 aliphatic carbocycles. The topological polar surface area (TPSA) is 109 Å². The van der Waals surface area contributed by atoms with Crippen molar-refractivity contribution in [3.8, 4) is 5.75 Å². The number of nitrogens with one attached hydrogen (secondary N) is 3. The van der Waals surface area contributed by atoms with Gasteiger partial charge in [-0.15, -0.1) is 0 Å². The van der Waals surface area contributed by atoms with Crippen LogP contribution in [0.15, 0.2) is 102 Å². The molecule has 0 unspecified atom stereocenters. The van der Waals surface area contributed by atoms with Gasteiger partial charge in [0.2, 0.25) is 0 Å². The Morgan fingerprint density at radius 2 is 1.46 bits per heavy atom. The van der Waals surface area contributed by atoms with E-state index in [9.17, 15) is 14.4 Å². The van der Waals surface area contributed by atoms with E-state index in [1.54, 1.807) is 48.5 Å². The Bertz CT molecular complexity index is 1360. The van der Waals surface area contributed by atoms with Gasteiger partial charge in [0.15, 0.2) is 6.61 Å². The van der Waals surface area contributed by atoms with Gasteiger partial charge in [0.25, 0.3) is 5.91 Å². The lowest BCUT2D eigenvalue weighted by atomic mass is 10.1. The number of carbonyl (C=O) groups is 3. The van der Waals surface area contributed by atoms with Crippen LogP contribution >= 0.6 is 0 Å². The van der Waals surface area contributed by atoms with Crippen LogP contribution in [0, 0.1) is 0 Å². The van der Waals surface area contributed by atoms with E-state index in [1.165, 1.54) is 6.21 Å². The van der Waals surface area contributed by atoms with Gasteiger partial charge >= 0.3 is 11.8 Å². The van der Waals surface area contributed by atoms with Crippen molar-refractivity contribution in [2.24, 2.45) is 5.10 Å². The Balaban J connectivity index is 1.24. The second kappa shape index (κ2) is 11.2. The summed E-state index contributed by atoms with van der Waals surface area (Å²) >= 11 is 0. The number of hydrogen-bond donors (Lipinski definition) is 3. The second-order valence-electron chi connectivity index (χ2n) is 7.45. The lowest BCUT2D eigenvalue weighted by Crippen LogP contribution is -2.32. The minimum absolute atomic E-state index is 0.135. The van der Waals surface area contributed by atoms with E-state index in [2.05, 4.69) is 21.2 Å². The summed E-state index contributed by atoms with van der Waals surface area (Å²) in [5.41, 5.74) is 4.12. The standard InChI is InChI=1S/C27H22N4O4/c32-25(29-21-9-2-1-3-10-21)18-35-22-15-13-19(14-16-22)17-28-31-27(34)26(33)30-24-12-6-8-20-7-4-5-11-23(20)24/h1-17H,18H2,(H,29,32)(H,30,33)(H,31,34)/b28-17+. The van der Waals surface area contributed by atoms with E-state index in [0.29, 0.717) is 22.7 Å². The third kappa shape index (κ3) is 6.52. The van der Waals surface area contributed by atoms with Crippen LogP contribution in [0.5, 0.6) is 5.75 Å².